The predicted molar refractivity (Wildman–Crippen MR) is 359 cm³/mol. The van der Waals surface area contributed by atoms with E-state index in [1.54, 1.807) is 31.2 Å². The van der Waals surface area contributed by atoms with Crippen molar-refractivity contribution in [3.05, 3.63) is 71.1 Å². The Labute approximate surface area is 569 Å². The van der Waals surface area contributed by atoms with Crippen LogP contribution in [0.5, 0.6) is 0 Å². The number of carbonyl (C=O) groups is 4. The third-order valence-electron chi connectivity index (χ3n) is 17.3. The van der Waals surface area contributed by atoms with Gasteiger partial charge in [0.1, 0.15) is 54.1 Å². The molecule has 0 radical (unpaired) electrons. The molecule has 1 amide bonds. The number of phosphoric acid groups is 1. The van der Waals surface area contributed by atoms with Crippen LogP contribution in [0.15, 0.2) is 54.4 Å². The number of rotatable bonds is 43. The molecule has 0 saturated carbocycles. The number of aromatic nitrogens is 8. The van der Waals surface area contributed by atoms with Gasteiger partial charge >= 0.3 is 14.6 Å². The van der Waals surface area contributed by atoms with Gasteiger partial charge in [0.05, 0.1) is 84.5 Å². The van der Waals surface area contributed by atoms with Crippen molar-refractivity contribution in [3.63, 3.8) is 0 Å². The highest BCUT2D eigenvalue weighted by Gasteiger charge is 2.53. The summed E-state index contributed by atoms with van der Waals surface area (Å²) >= 11 is 0.784. The van der Waals surface area contributed by atoms with Gasteiger partial charge in [0, 0.05) is 56.8 Å². The van der Waals surface area contributed by atoms with Crippen molar-refractivity contribution in [2.75, 3.05) is 71.8 Å². The summed E-state index contributed by atoms with van der Waals surface area (Å²) in [6.07, 6.45) is 13.1. The van der Waals surface area contributed by atoms with Gasteiger partial charge in [-0.15, -0.1) is 0 Å². The number of phosphoric ester groups is 1. The third kappa shape index (κ3) is 24.2. The molecular weight excluding hydrogens is 1320 g/mol. The Morgan fingerprint density at radius 1 is 0.701 bits per heavy atom. The van der Waals surface area contributed by atoms with E-state index >= 15 is 8.96 Å². The molecule has 97 heavy (non-hydrogen) atoms. The number of halogens is 1. The molecule has 32 heteroatoms. The predicted octanol–water partition coefficient (Wildman–Crippen LogP) is 10.2. The van der Waals surface area contributed by atoms with E-state index in [1.165, 1.54) is 98.7 Å². The number of hydrogen-bond acceptors (Lipinski definition) is 24. The Balaban J connectivity index is 0.721. The molecular formula is C65H97FN10O18P2S. The van der Waals surface area contributed by atoms with E-state index < -0.39 is 94.3 Å². The number of amides is 1. The number of benzene rings is 1. The largest absolute Gasteiger partial charge is 0.472 e. The number of aromatic amines is 1. The summed E-state index contributed by atoms with van der Waals surface area (Å²) in [5.74, 6) is -1.39. The molecule has 5 N–H and O–H groups in total. The Bertz CT molecular complexity index is 3440. The maximum Gasteiger partial charge on any atom is 0.472 e. The number of nitrogens with zero attached hydrogens (tertiary/aromatic N) is 7. The number of nitrogens with two attached hydrogens (primary N) is 1. The van der Waals surface area contributed by atoms with Crippen LogP contribution in [-0.2, 0) is 87.0 Å². The van der Waals surface area contributed by atoms with Crippen LogP contribution in [0.3, 0.4) is 0 Å². The number of ketones is 3. The van der Waals surface area contributed by atoms with Gasteiger partial charge in [-0.05, 0) is 48.2 Å². The number of nitrogen functional groups attached to an aromatic ring is 1. The summed E-state index contributed by atoms with van der Waals surface area (Å²) in [6, 6.07) is 5.99. The molecule has 0 spiro atoms. The number of carbonyl (C=O) groups excluding carboxylic acids is 4. The minimum Gasteiger partial charge on any atom is -0.382 e. The van der Waals surface area contributed by atoms with Crippen LogP contribution >= 0.6 is 26.0 Å². The van der Waals surface area contributed by atoms with Gasteiger partial charge in [0.25, 0.3) is 5.56 Å². The summed E-state index contributed by atoms with van der Waals surface area (Å²) < 4.78 is 106. The van der Waals surface area contributed by atoms with Gasteiger partial charge in [-0.3, -0.25) is 51.2 Å². The van der Waals surface area contributed by atoms with E-state index in [0.29, 0.717) is 69.4 Å². The molecule has 3 aliphatic heterocycles. The fourth-order valence-corrected chi connectivity index (χ4v) is 16.0. The van der Waals surface area contributed by atoms with Gasteiger partial charge in [0.2, 0.25) is 5.91 Å². The van der Waals surface area contributed by atoms with Crippen LogP contribution in [0.4, 0.5) is 10.2 Å². The summed E-state index contributed by atoms with van der Waals surface area (Å²) in [5.41, 5.74) is 7.11. The standard InChI is InChI=1S/C65H97FN10O18P2S/c1-5-6-7-8-9-10-11-12-13-14-15-16-17-19-48(77)20-18-26-85-28-30-87-32-33-88-31-29-86-27-25-49(78)35-50(44(2)3)63(80)74-45(4)51(79)34-46-21-23-47(24-22-46)39-97-96(84)90-38-54-59(56(66)65(92-54)76-43-72-57-60(67)68-40-69-61(57)76)94-95(82,83)89-37-53-52(93-96)36-55(91-53)75-42-73-58-62(75)70-41-71-64(58)81/h21-24,40-45,50,52-56,59,65H,5-20,25-39H2,1-4H3,(H,74,80)(H,82,83)(H2,67,68,69)(H,70,71,81)/t45-,50-,52-,53+,54+,55+,56+,59+,65+,96?/m0/s1. The van der Waals surface area contributed by atoms with Crippen LogP contribution in [0, 0.1) is 11.8 Å². The lowest BCUT2D eigenvalue weighted by Crippen LogP contribution is -2.44. The molecule has 3 aliphatic rings. The van der Waals surface area contributed by atoms with Crippen molar-refractivity contribution in [1.82, 2.24) is 44.4 Å². The zero-order chi connectivity index (χ0) is 69.2. The Kier molecular flexibility index (Phi) is 31.6. The Morgan fingerprint density at radius 3 is 1.98 bits per heavy atom. The fraction of sp³-hybridized carbons (Fsp3) is 0.692. The normalized spacial score (nSPS) is 23.6. The lowest BCUT2D eigenvalue weighted by Gasteiger charge is -2.28. The first-order chi connectivity index (χ1) is 46.8. The number of H-pyrrole nitrogens is 1. The van der Waals surface area contributed by atoms with Gasteiger partial charge < -0.3 is 49.3 Å². The average Bonchev–Trinajstić information content (AvgIpc) is 1.63. The smallest absolute Gasteiger partial charge is 0.382 e. The lowest BCUT2D eigenvalue weighted by atomic mass is 9.88. The molecule has 5 aromatic rings. The summed E-state index contributed by atoms with van der Waals surface area (Å²) in [5, 5.41) is 2.81. The third-order valence-corrected chi connectivity index (χ3v) is 21.9. The molecule has 8 rings (SSSR count). The van der Waals surface area contributed by atoms with Crippen molar-refractivity contribution in [3.8, 4) is 0 Å². The molecule has 538 valence electrons. The van der Waals surface area contributed by atoms with Gasteiger partial charge in [-0.1, -0.05) is 122 Å². The van der Waals surface area contributed by atoms with Crippen molar-refractivity contribution >= 4 is 77.4 Å². The van der Waals surface area contributed by atoms with Gasteiger partial charge in [-0.2, -0.15) is 0 Å². The van der Waals surface area contributed by atoms with Crippen LogP contribution in [0.2, 0.25) is 0 Å². The summed E-state index contributed by atoms with van der Waals surface area (Å²) in [7, 11) is -5.12. The second kappa shape index (κ2) is 39.6. The number of alkyl halides is 1. The van der Waals surface area contributed by atoms with Crippen LogP contribution in [0.1, 0.15) is 173 Å². The number of nitrogens with one attached hydrogen (secondary N) is 2. The topological polar surface area (TPSA) is 360 Å². The van der Waals surface area contributed by atoms with E-state index in [2.05, 4.69) is 42.1 Å². The number of Topliss-reactive ketones (excluding diaryl/α,β-unsaturated/α-hetero) is 3. The highest BCUT2D eigenvalue weighted by Crippen LogP contribution is 2.65. The quantitative estimate of drug-likeness (QED) is 0.0208. The Morgan fingerprint density at radius 2 is 1.30 bits per heavy atom. The zero-order valence-electron chi connectivity index (χ0n) is 56.1. The second-order valence-electron chi connectivity index (χ2n) is 25.1. The molecule has 3 fully saturated rings. The average molecular weight is 1420 g/mol. The molecule has 11 atom stereocenters. The SMILES string of the molecule is CCCCCCCCCCCCCCCC(=O)CCCOCCOCCOCCOCCC(=O)C[C@H](C(=O)N[C@@H](C)C(=O)Cc1ccc(CSP2(=O)OC[C@H]3O[C@@H](n4cnc5c(N)ncnc54)[C@H](F)[C@@H]3OP(=O)(O)OC[C@H]3O[C@@H](n4cnc5c(=O)[nH]cnc54)C[C@@H]3O2)cc1)C(C)C. The molecule has 1 aromatic carbocycles. The highest BCUT2D eigenvalue weighted by atomic mass is 32.7. The van der Waals surface area contributed by atoms with Crippen LogP contribution in [-0.4, -0.2) is 170 Å². The number of unbranched alkanes of at least 4 members (excludes halogenated alkanes) is 12. The van der Waals surface area contributed by atoms with E-state index in [9.17, 15) is 33.4 Å². The fourth-order valence-electron chi connectivity index (χ4n) is 11.6. The zero-order valence-corrected chi connectivity index (χ0v) is 58.7. The first kappa shape index (κ1) is 77.4. The number of imidazole rings is 2. The first-order valence-corrected chi connectivity index (χ1v) is 38.7. The number of hydrogen-bond donors (Lipinski definition) is 4. The first-order valence-electron chi connectivity index (χ1n) is 34.1. The number of fused-ring (bicyclic) bond motifs is 4. The van der Waals surface area contributed by atoms with Crippen molar-refractivity contribution in [2.24, 2.45) is 11.8 Å². The lowest BCUT2D eigenvalue weighted by molar-refractivity contribution is -0.133. The highest BCUT2D eigenvalue weighted by molar-refractivity contribution is 8.54. The number of anilines is 1. The molecule has 3 saturated heterocycles. The molecule has 2 unspecified atom stereocenters. The molecule has 0 aliphatic carbocycles. The van der Waals surface area contributed by atoms with Crippen LogP contribution < -0.4 is 16.6 Å². The van der Waals surface area contributed by atoms with E-state index in [-0.39, 0.29) is 90.3 Å². The maximum atomic E-state index is 16.7. The van der Waals surface area contributed by atoms with Crippen molar-refractivity contribution in [2.45, 2.75) is 211 Å². The summed E-state index contributed by atoms with van der Waals surface area (Å²) in [6.45, 7) is 4.68. The van der Waals surface area contributed by atoms with Crippen molar-refractivity contribution in [1.29, 1.82) is 0 Å². The van der Waals surface area contributed by atoms with Crippen LogP contribution in [0.25, 0.3) is 22.3 Å². The minimum atomic E-state index is -5.12. The summed E-state index contributed by atoms with van der Waals surface area (Å²) in [4.78, 5) is 99.1. The number of ether oxygens (including phenoxy) is 6. The maximum absolute atomic E-state index is 16.7. The van der Waals surface area contributed by atoms with Crippen molar-refractivity contribution < 1.29 is 84.1 Å². The molecule has 28 nitrogen and oxygen atoms in total. The van der Waals surface area contributed by atoms with Gasteiger partial charge in [0.15, 0.2) is 40.8 Å². The Hall–Kier alpha value is -5.30. The monoisotopic (exact) mass is 1420 g/mol. The second-order valence-corrected chi connectivity index (χ2v) is 30.6. The van der Waals surface area contributed by atoms with E-state index in [0.717, 1.165) is 37.0 Å². The minimum absolute atomic E-state index is 0.00989. The van der Waals surface area contributed by atoms with Gasteiger partial charge in [-0.25, -0.2) is 38.4 Å². The molecule has 0 bridgehead atoms. The van der Waals surface area contributed by atoms with E-state index in [4.69, 9.17) is 52.2 Å². The molecule has 4 aromatic heterocycles. The molecule has 7 heterocycles. The van der Waals surface area contributed by atoms with E-state index in [1.807, 2.05) is 13.8 Å².